The highest BCUT2D eigenvalue weighted by Gasteiger charge is 2.37. The van der Waals surface area contributed by atoms with E-state index >= 15 is 0 Å². The van der Waals surface area contributed by atoms with Crippen LogP contribution in [0.2, 0.25) is 0 Å². The lowest BCUT2D eigenvalue weighted by Gasteiger charge is -2.32. The van der Waals surface area contributed by atoms with Crippen molar-refractivity contribution in [1.29, 1.82) is 0 Å². The van der Waals surface area contributed by atoms with Crippen molar-refractivity contribution in [1.82, 2.24) is 9.97 Å². The summed E-state index contributed by atoms with van der Waals surface area (Å²) >= 11 is 1.34. The van der Waals surface area contributed by atoms with Gasteiger partial charge in [-0.1, -0.05) is 53.7 Å². The van der Waals surface area contributed by atoms with E-state index in [9.17, 15) is 19.7 Å². The number of nitrogens with one attached hydrogen (secondary N) is 2. The van der Waals surface area contributed by atoms with Crippen molar-refractivity contribution in [2.75, 3.05) is 5.32 Å². The van der Waals surface area contributed by atoms with Gasteiger partial charge in [0.25, 0.3) is 11.2 Å². The number of aryl methyl sites for hydroxylation is 1. The van der Waals surface area contributed by atoms with Crippen LogP contribution in [-0.2, 0) is 10.5 Å². The minimum absolute atomic E-state index is 0.0338. The summed E-state index contributed by atoms with van der Waals surface area (Å²) in [5.41, 5.74) is 4.61. The maximum atomic E-state index is 13.3. The zero-order valence-electron chi connectivity index (χ0n) is 18.5. The predicted molar refractivity (Wildman–Crippen MR) is 130 cm³/mol. The number of anilines is 1. The molecule has 8 nitrogen and oxygen atoms in total. The van der Waals surface area contributed by atoms with Crippen LogP contribution in [0.25, 0.3) is 0 Å². The number of Topliss-reactive ketones (excluding diaryl/α,β-unsaturated/α-hetero) is 1. The van der Waals surface area contributed by atoms with Gasteiger partial charge in [0.15, 0.2) is 10.9 Å². The van der Waals surface area contributed by atoms with Crippen molar-refractivity contribution in [2.45, 2.75) is 43.0 Å². The number of benzene rings is 2. The number of carbonyl (C=O) groups excluding carboxylic acids is 1. The Morgan fingerprint density at radius 3 is 2.53 bits per heavy atom. The molecule has 5 rings (SSSR count). The third-order valence-electron chi connectivity index (χ3n) is 6.17. The quantitative estimate of drug-likeness (QED) is 0.235. The number of ketones is 1. The van der Waals surface area contributed by atoms with Gasteiger partial charge in [-0.15, -0.1) is 0 Å². The molecule has 1 aliphatic carbocycles. The molecule has 1 atom stereocenters. The molecule has 0 unspecified atom stereocenters. The lowest BCUT2D eigenvalue weighted by Crippen LogP contribution is -2.32. The number of nitro benzene ring substituents is 1. The minimum atomic E-state index is -0.454. The molecule has 1 aromatic heterocycles. The number of hydrogen-bond acceptors (Lipinski definition) is 7. The van der Waals surface area contributed by atoms with Crippen LogP contribution in [0.5, 0.6) is 0 Å². The van der Waals surface area contributed by atoms with Gasteiger partial charge in [0.2, 0.25) is 0 Å². The van der Waals surface area contributed by atoms with Crippen molar-refractivity contribution >= 4 is 29.1 Å². The largest absolute Gasteiger partial charge is 0.343 e. The topological polar surface area (TPSA) is 118 Å². The summed E-state index contributed by atoms with van der Waals surface area (Å²) < 4.78 is 0. The van der Waals surface area contributed by atoms with Gasteiger partial charge in [-0.2, -0.15) is 0 Å². The molecule has 0 spiro atoms. The summed E-state index contributed by atoms with van der Waals surface area (Å²) in [4.78, 5) is 44.2. The number of aromatic amines is 1. The highest BCUT2D eigenvalue weighted by atomic mass is 32.2. The molecule has 2 aliphatic rings. The highest BCUT2D eigenvalue weighted by Crippen LogP contribution is 2.43. The van der Waals surface area contributed by atoms with Gasteiger partial charge < -0.3 is 10.3 Å². The molecule has 0 fully saturated rings. The van der Waals surface area contributed by atoms with Gasteiger partial charge in [-0.3, -0.25) is 19.7 Å². The van der Waals surface area contributed by atoms with Gasteiger partial charge in [-0.25, -0.2) is 4.98 Å². The summed E-state index contributed by atoms with van der Waals surface area (Å²) in [6, 6.07) is 14.2. The molecule has 0 amide bonds. The number of fused-ring (bicyclic) bond motifs is 1. The summed E-state index contributed by atoms with van der Waals surface area (Å²) in [5, 5.41) is 14.6. The van der Waals surface area contributed by atoms with Crippen LogP contribution in [0.1, 0.15) is 47.4 Å². The van der Waals surface area contributed by atoms with E-state index in [1.54, 1.807) is 12.1 Å². The Labute approximate surface area is 199 Å². The monoisotopic (exact) mass is 474 g/mol. The van der Waals surface area contributed by atoms with Gasteiger partial charge in [0.05, 0.1) is 10.5 Å². The number of H-pyrrole nitrogens is 1. The number of non-ortho nitro benzene ring substituents is 1. The average molecular weight is 475 g/mol. The Kier molecular flexibility index (Phi) is 5.79. The van der Waals surface area contributed by atoms with Gasteiger partial charge in [0, 0.05) is 41.5 Å². The summed E-state index contributed by atoms with van der Waals surface area (Å²) in [7, 11) is 0. The number of nitro groups is 1. The second-order valence-corrected chi connectivity index (χ2v) is 9.45. The molecule has 2 N–H and O–H groups in total. The van der Waals surface area contributed by atoms with E-state index in [1.165, 1.54) is 23.9 Å². The third kappa shape index (κ3) is 4.14. The molecule has 172 valence electrons. The molecule has 9 heteroatoms. The molecule has 0 bridgehead atoms. The first-order valence-corrected chi connectivity index (χ1v) is 12.0. The Balaban J connectivity index is 1.50. The summed E-state index contributed by atoms with van der Waals surface area (Å²) in [6.07, 6.45) is 1.99. The molecule has 0 saturated carbocycles. The normalized spacial score (nSPS) is 17.1. The standard InChI is InChI=1S/C25H22N4O4S/c1-14-5-9-16(10-6-14)20-21-18(3-2-4-19(21)30)26-23-22(20)24(31)28-25(27-23)34-13-15-7-11-17(12-8-15)29(32)33/h5-12,20H,2-4,13H2,1H3,(H2,26,27,28,31)/t20-/m1/s1. The maximum Gasteiger partial charge on any atom is 0.269 e. The molecule has 1 aliphatic heterocycles. The zero-order chi connectivity index (χ0) is 23.8. The lowest BCUT2D eigenvalue weighted by atomic mass is 9.76. The van der Waals surface area contributed by atoms with E-state index in [4.69, 9.17) is 0 Å². The highest BCUT2D eigenvalue weighted by molar-refractivity contribution is 7.98. The fourth-order valence-corrected chi connectivity index (χ4v) is 5.28. The molecule has 0 radical (unpaired) electrons. The second kappa shape index (κ2) is 8.90. The van der Waals surface area contributed by atoms with E-state index in [0.29, 0.717) is 34.3 Å². The second-order valence-electron chi connectivity index (χ2n) is 8.48. The average Bonchev–Trinajstić information content (AvgIpc) is 2.82. The Bertz CT molecular complexity index is 1380. The first kappa shape index (κ1) is 22.1. The van der Waals surface area contributed by atoms with E-state index < -0.39 is 10.8 Å². The number of thioether (sulfide) groups is 1. The molecular weight excluding hydrogens is 452 g/mol. The molecule has 2 heterocycles. The van der Waals surface area contributed by atoms with Crippen LogP contribution in [0.3, 0.4) is 0 Å². The Hall–Kier alpha value is -3.72. The van der Waals surface area contributed by atoms with Crippen molar-refractivity contribution in [2.24, 2.45) is 0 Å². The van der Waals surface area contributed by atoms with Crippen molar-refractivity contribution in [3.63, 3.8) is 0 Å². The van der Waals surface area contributed by atoms with Gasteiger partial charge in [0.1, 0.15) is 5.82 Å². The number of nitrogens with zero attached hydrogens (tertiary/aromatic N) is 2. The van der Waals surface area contributed by atoms with E-state index in [2.05, 4.69) is 15.3 Å². The van der Waals surface area contributed by atoms with Crippen molar-refractivity contribution in [3.8, 4) is 0 Å². The zero-order valence-corrected chi connectivity index (χ0v) is 19.3. The van der Waals surface area contributed by atoms with Gasteiger partial charge in [-0.05, 0) is 30.9 Å². The van der Waals surface area contributed by atoms with Crippen molar-refractivity contribution in [3.05, 3.63) is 103 Å². The number of hydrogen-bond donors (Lipinski definition) is 2. The number of carbonyl (C=O) groups is 1. The van der Waals surface area contributed by atoms with Crippen LogP contribution in [0.15, 0.2) is 69.8 Å². The maximum absolute atomic E-state index is 13.3. The minimum Gasteiger partial charge on any atom is -0.343 e. The van der Waals surface area contributed by atoms with E-state index in [0.717, 1.165) is 35.2 Å². The van der Waals surface area contributed by atoms with Crippen LogP contribution in [-0.4, -0.2) is 20.7 Å². The summed E-state index contributed by atoms with van der Waals surface area (Å²) in [6.45, 7) is 2.00. The molecule has 34 heavy (non-hydrogen) atoms. The Morgan fingerprint density at radius 1 is 1.09 bits per heavy atom. The number of rotatable bonds is 5. The fraction of sp³-hybridized carbons (Fsp3) is 0.240. The van der Waals surface area contributed by atoms with E-state index in [-0.39, 0.29) is 17.0 Å². The molecule has 3 aromatic rings. The fourth-order valence-electron chi connectivity index (χ4n) is 4.47. The van der Waals surface area contributed by atoms with Crippen LogP contribution < -0.4 is 10.9 Å². The van der Waals surface area contributed by atoms with Crippen LogP contribution in [0.4, 0.5) is 11.5 Å². The predicted octanol–water partition coefficient (Wildman–Crippen LogP) is 4.84. The first-order chi connectivity index (χ1) is 16.4. The SMILES string of the molecule is Cc1ccc([C@@H]2C3=C(CCCC3=O)Nc3nc(SCc4ccc([N+](=O)[O-])cc4)[nH]c(=O)c32)cc1. The number of allylic oxidation sites excluding steroid dienone is 2. The van der Waals surface area contributed by atoms with E-state index in [1.807, 2.05) is 31.2 Å². The molecule has 0 saturated heterocycles. The van der Waals surface area contributed by atoms with Crippen LogP contribution >= 0.6 is 11.8 Å². The van der Waals surface area contributed by atoms with Crippen LogP contribution in [0, 0.1) is 17.0 Å². The Morgan fingerprint density at radius 2 is 1.82 bits per heavy atom. The third-order valence-corrected chi connectivity index (χ3v) is 7.11. The number of aromatic nitrogens is 2. The lowest BCUT2D eigenvalue weighted by molar-refractivity contribution is -0.384. The smallest absolute Gasteiger partial charge is 0.269 e. The molecular formula is C25H22N4O4S. The van der Waals surface area contributed by atoms with Gasteiger partial charge >= 0.3 is 0 Å². The molecule has 2 aromatic carbocycles. The summed E-state index contributed by atoms with van der Waals surface area (Å²) in [5.74, 6) is 0.590. The van der Waals surface area contributed by atoms with Crippen molar-refractivity contribution < 1.29 is 9.72 Å². The first-order valence-electron chi connectivity index (χ1n) is 11.0.